The van der Waals surface area contributed by atoms with E-state index in [4.69, 9.17) is 10.7 Å². The number of carbonyl (C=O) groups is 1. The van der Waals surface area contributed by atoms with E-state index < -0.39 is 5.91 Å². The number of benzene rings is 2. The number of aromatic nitrogens is 5. The first-order valence-corrected chi connectivity index (χ1v) is 11.2. The number of aryl methyl sites for hydroxylation is 2. The Kier molecular flexibility index (Phi) is 5.85. The van der Waals surface area contributed by atoms with Gasteiger partial charge in [-0.15, -0.1) is 0 Å². The molecule has 172 valence electrons. The number of pyridine rings is 1. The third-order valence-electron chi connectivity index (χ3n) is 5.50. The van der Waals surface area contributed by atoms with Crippen LogP contribution in [0.25, 0.3) is 33.4 Å². The van der Waals surface area contributed by atoms with Gasteiger partial charge in [-0.2, -0.15) is 0 Å². The number of rotatable bonds is 5. The van der Waals surface area contributed by atoms with Gasteiger partial charge in [0, 0.05) is 34.1 Å². The summed E-state index contributed by atoms with van der Waals surface area (Å²) in [6.07, 6.45) is 1.75. The number of anilines is 1. The molecule has 0 aliphatic heterocycles. The van der Waals surface area contributed by atoms with E-state index in [2.05, 4.69) is 25.3 Å². The van der Waals surface area contributed by atoms with E-state index in [1.807, 2.05) is 80.6 Å². The van der Waals surface area contributed by atoms with Gasteiger partial charge in [-0.3, -0.25) is 9.78 Å². The molecule has 0 bridgehead atoms. The maximum atomic E-state index is 13.1. The lowest BCUT2D eigenvalue weighted by atomic mass is 10.0. The van der Waals surface area contributed by atoms with Crippen molar-refractivity contribution in [3.63, 3.8) is 0 Å². The van der Waals surface area contributed by atoms with E-state index in [0.29, 0.717) is 17.2 Å². The largest absolute Gasteiger partial charge is 0.382 e. The molecule has 3 N–H and O–H groups in total. The third-order valence-corrected chi connectivity index (χ3v) is 5.50. The molecule has 3 aromatic heterocycles. The van der Waals surface area contributed by atoms with Crippen LogP contribution in [0.2, 0.25) is 0 Å². The molecule has 0 saturated carbocycles. The van der Waals surface area contributed by atoms with Gasteiger partial charge in [-0.05, 0) is 38.1 Å². The molecule has 8 heteroatoms. The molecule has 0 atom stereocenters. The Morgan fingerprint density at radius 3 is 2.34 bits per heavy atom. The summed E-state index contributed by atoms with van der Waals surface area (Å²) in [7, 11) is 0. The summed E-state index contributed by atoms with van der Waals surface area (Å²) < 4.78 is 0. The molecule has 0 aliphatic carbocycles. The Morgan fingerprint density at radius 2 is 1.57 bits per heavy atom. The van der Waals surface area contributed by atoms with Gasteiger partial charge in [0.2, 0.25) is 0 Å². The lowest BCUT2D eigenvalue weighted by Gasteiger charge is -2.13. The van der Waals surface area contributed by atoms with Gasteiger partial charge < -0.3 is 11.1 Å². The van der Waals surface area contributed by atoms with Crippen LogP contribution in [-0.4, -0.2) is 30.8 Å². The van der Waals surface area contributed by atoms with Crippen LogP contribution in [0.3, 0.4) is 0 Å². The molecule has 5 aromatic rings. The molecule has 0 unspecified atom stereocenters. The van der Waals surface area contributed by atoms with Crippen LogP contribution < -0.4 is 11.1 Å². The van der Waals surface area contributed by atoms with Crippen molar-refractivity contribution < 1.29 is 4.79 Å². The Labute approximate surface area is 202 Å². The van der Waals surface area contributed by atoms with Gasteiger partial charge in [0.15, 0.2) is 11.5 Å². The molecule has 0 radical (unpaired) electrons. The van der Waals surface area contributed by atoms with Crippen molar-refractivity contribution in [2.24, 2.45) is 0 Å². The molecule has 3 heterocycles. The Hall–Kier alpha value is -4.72. The fourth-order valence-electron chi connectivity index (χ4n) is 3.96. The molecule has 35 heavy (non-hydrogen) atoms. The first-order valence-electron chi connectivity index (χ1n) is 11.2. The summed E-state index contributed by atoms with van der Waals surface area (Å²) >= 11 is 0. The molecule has 0 saturated heterocycles. The average molecular weight is 462 g/mol. The first-order chi connectivity index (χ1) is 17.0. The smallest absolute Gasteiger partial charge is 0.274 e. The minimum atomic E-state index is -0.443. The Balaban J connectivity index is 1.56. The van der Waals surface area contributed by atoms with Crippen molar-refractivity contribution in [1.82, 2.24) is 30.2 Å². The van der Waals surface area contributed by atoms with Crippen LogP contribution in [0.15, 0.2) is 72.9 Å². The summed E-state index contributed by atoms with van der Waals surface area (Å²) in [5, 5.41) is 3.78. The topological polar surface area (TPSA) is 120 Å². The summed E-state index contributed by atoms with van der Waals surface area (Å²) in [6, 6.07) is 21.2. The van der Waals surface area contributed by atoms with Crippen LogP contribution in [-0.2, 0) is 6.54 Å². The number of carbonyl (C=O) groups excluding carboxylic acids is 1. The van der Waals surface area contributed by atoms with Gasteiger partial charge in [0.25, 0.3) is 5.91 Å². The van der Waals surface area contributed by atoms with Crippen molar-refractivity contribution in [3.05, 3.63) is 95.8 Å². The molecule has 0 fully saturated rings. The van der Waals surface area contributed by atoms with Crippen molar-refractivity contribution in [2.75, 3.05) is 5.73 Å². The average Bonchev–Trinajstić information content (AvgIpc) is 2.87. The fourth-order valence-corrected chi connectivity index (χ4v) is 3.96. The van der Waals surface area contributed by atoms with E-state index in [1.165, 1.54) is 0 Å². The minimum absolute atomic E-state index is 0.0499. The molecule has 0 aliphatic rings. The van der Waals surface area contributed by atoms with Crippen LogP contribution in [0.5, 0.6) is 0 Å². The Bertz CT molecular complexity index is 1530. The minimum Gasteiger partial charge on any atom is -0.382 e. The Morgan fingerprint density at radius 1 is 0.829 bits per heavy atom. The number of nitrogens with one attached hydrogen (secondary N) is 1. The van der Waals surface area contributed by atoms with Crippen molar-refractivity contribution in [3.8, 4) is 22.5 Å². The second kappa shape index (κ2) is 9.26. The first kappa shape index (κ1) is 22.1. The fraction of sp³-hybridized carbons (Fsp3) is 0.111. The van der Waals surface area contributed by atoms with E-state index in [-0.39, 0.29) is 18.1 Å². The zero-order valence-corrected chi connectivity index (χ0v) is 19.4. The second-order valence-electron chi connectivity index (χ2n) is 8.18. The number of hydrogen-bond acceptors (Lipinski definition) is 7. The number of nitrogens with zero attached hydrogens (tertiary/aromatic N) is 5. The van der Waals surface area contributed by atoms with Crippen LogP contribution >= 0.6 is 0 Å². The SMILES string of the molecule is Cc1cc(C)nc(CNC(=O)c2nc(-c3ccc4ncccc4c3)c(-c3ccccc3)nc2N)n1. The maximum absolute atomic E-state index is 13.1. The van der Waals surface area contributed by atoms with Crippen LogP contribution in [0.1, 0.15) is 27.7 Å². The lowest BCUT2D eigenvalue weighted by molar-refractivity contribution is 0.0945. The van der Waals surface area contributed by atoms with E-state index in [9.17, 15) is 4.79 Å². The van der Waals surface area contributed by atoms with Crippen molar-refractivity contribution in [1.29, 1.82) is 0 Å². The second-order valence-corrected chi connectivity index (χ2v) is 8.18. The summed E-state index contributed by atoms with van der Waals surface area (Å²) in [4.78, 5) is 35.5. The van der Waals surface area contributed by atoms with E-state index in [1.54, 1.807) is 6.20 Å². The standard InChI is InChI=1S/C27H23N7O/c1-16-13-17(2)32-22(31-16)15-30-27(35)25-26(28)34-23(18-7-4-3-5-8-18)24(33-25)20-10-11-21-19(14-20)9-6-12-29-21/h3-14H,15H2,1-2H3,(H2,28,34)(H,30,35). The van der Waals surface area contributed by atoms with Gasteiger partial charge in [-0.1, -0.05) is 42.5 Å². The summed E-state index contributed by atoms with van der Waals surface area (Å²) in [5.41, 5.74) is 11.6. The summed E-state index contributed by atoms with van der Waals surface area (Å²) in [5.74, 6) is 0.125. The monoisotopic (exact) mass is 461 g/mol. The van der Waals surface area contributed by atoms with Gasteiger partial charge in [0.1, 0.15) is 5.82 Å². The van der Waals surface area contributed by atoms with E-state index >= 15 is 0 Å². The van der Waals surface area contributed by atoms with Crippen LogP contribution in [0.4, 0.5) is 5.82 Å². The van der Waals surface area contributed by atoms with Gasteiger partial charge >= 0.3 is 0 Å². The van der Waals surface area contributed by atoms with Crippen LogP contribution in [0, 0.1) is 13.8 Å². The number of fused-ring (bicyclic) bond motifs is 1. The number of hydrogen-bond donors (Lipinski definition) is 2. The zero-order valence-electron chi connectivity index (χ0n) is 19.4. The molecule has 1 amide bonds. The number of nitrogens with two attached hydrogens (primary N) is 1. The summed E-state index contributed by atoms with van der Waals surface area (Å²) in [6.45, 7) is 3.92. The van der Waals surface area contributed by atoms with Gasteiger partial charge in [0.05, 0.1) is 23.4 Å². The van der Waals surface area contributed by atoms with Gasteiger partial charge in [-0.25, -0.2) is 19.9 Å². The maximum Gasteiger partial charge on any atom is 0.274 e. The van der Waals surface area contributed by atoms with E-state index in [0.717, 1.165) is 33.4 Å². The lowest BCUT2D eigenvalue weighted by Crippen LogP contribution is -2.27. The highest BCUT2D eigenvalue weighted by Crippen LogP contribution is 2.32. The molecule has 8 nitrogen and oxygen atoms in total. The highest BCUT2D eigenvalue weighted by Gasteiger charge is 2.20. The normalized spacial score (nSPS) is 10.9. The highest BCUT2D eigenvalue weighted by molar-refractivity contribution is 5.98. The molecule has 2 aromatic carbocycles. The van der Waals surface area contributed by atoms with Crippen molar-refractivity contribution in [2.45, 2.75) is 20.4 Å². The zero-order chi connectivity index (χ0) is 24.4. The predicted octanol–water partition coefficient (Wildman–Crippen LogP) is 4.28. The quantitative estimate of drug-likeness (QED) is 0.401. The number of nitrogen functional groups attached to an aromatic ring is 1. The third kappa shape index (κ3) is 4.67. The number of amides is 1. The molecular weight excluding hydrogens is 438 g/mol. The molecule has 5 rings (SSSR count). The molecular formula is C27H23N7O. The molecule has 0 spiro atoms. The van der Waals surface area contributed by atoms with Crippen molar-refractivity contribution >= 4 is 22.6 Å². The highest BCUT2D eigenvalue weighted by atomic mass is 16.1. The predicted molar refractivity (Wildman–Crippen MR) is 135 cm³/mol.